The van der Waals surface area contributed by atoms with Crippen molar-refractivity contribution in [1.82, 2.24) is 24.8 Å². The minimum atomic E-state index is -0.347. The number of anilines is 1. The summed E-state index contributed by atoms with van der Waals surface area (Å²) in [6.07, 6.45) is 4.97. The highest BCUT2D eigenvalue weighted by Gasteiger charge is 2.08. The molecule has 0 aliphatic carbocycles. The SMILES string of the molecule is Cn1ncc(NC(=O)Cn2cc(-c3ccc(SCC(N)=O)cc3)cn2)n1. The Bertz CT molecular complexity index is 917. The number of thioether (sulfide) groups is 1. The standard InChI is InChI=1S/C16H17N7O2S/c1-22-18-7-15(21-22)20-16(25)9-23-8-12(6-19-23)11-2-4-13(5-3-11)26-10-14(17)24/h2-8H,9-10H2,1H3,(H2,17,24)(H,20,21,25). The summed E-state index contributed by atoms with van der Waals surface area (Å²) >= 11 is 1.39. The molecule has 1 aromatic carbocycles. The van der Waals surface area contributed by atoms with Gasteiger partial charge in [-0.25, -0.2) is 0 Å². The first kappa shape index (κ1) is 17.7. The summed E-state index contributed by atoms with van der Waals surface area (Å²) in [5.74, 6) is 0.0606. The fourth-order valence-electron chi connectivity index (χ4n) is 2.23. The zero-order chi connectivity index (χ0) is 18.5. The van der Waals surface area contributed by atoms with Crippen LogP contribution in [0.3, 0.4) is 0 Å². The van der Waals surface area contributed by atoms with E-state index in [1.165, 1.54) is 22.8 Å². The summed E-state index contributed by atoms with van der Waals surface area (Å²) in [4.78, 5) is 25.2. The second kappa shape index (κ2) is 7.83. The smallest absolute Gasteiger partial charge is 0.247 e. The van der Waals surface area contributed by atoms with Gasteiger partial charge >= 0.3 is 0 Å². The Balaban J connectivity index is 1.60. The van der Waals surface area contributed by atoms with E-state index in [2.05, 4.69) is 20.6 Å². The van der Waals surface area contributed by atoms with Crippen LogP contribution in [0, 0.1) is 0 Å². The molecule has 134 valence electrons. The predicted molar refractivity (Wildman–Crippen MR) is 97.2 cm³/mol. The zero-order valence-electron chi connectivity index (χ0n) is 14.0. The van der Waals surface area contributed by atoms with Gasteiger partial charge in [-0.15, -0.1) is 16.9 Å². The van der Waals surface area contributed by atoms with Gasteiger partial charge in [0, 0.05) is 23.7 Å². The van der Waals surface area contributed by atoms with E-state index >= 15 is 0 Å². The van der Waals surface area contributed by atoms with Gasteiger partial charge in [-0.05, 0) is 17.7 Å². The van der Waals surface area contributed by atoms with Crippen molar-refractivity contribution in [3.8, 4) is 11.1 Å². The van der Waals surface area contributed by atoms with Gasteiger partial charge in [0.1, 0.15) is 6.54 Å². The number of primary amides is 1. The van der Waals surface area contributed by atoms with E-state index in [4.69, 9.17) is 5.73 Å². The molecule has 0 saturated heterocycles. The van der Waals surface area contributed by atoms with Crippen molar-refractivity contribution < 1.29 is 9.59 Å². The Kier molecular flexibility index (Phi) is 5.32. The largest absolute Gasteiger partial charge is 0.369 e. The number of nitrogens with two attached hydrogens (primary N) is 1. The van der Waals surface area contributed by atoms with Crippen LogP contribution >= 0.6 is 11.8 Å². The van der Waals surface area contributed by atoms with Gasteiger partial charge in [-0.1, -0.05) is 12.1 Å². The summed E-state index contributed by atoms with van der Waals surface area (Å²) in [7, 11) is 1.67. The van der Waals surface area contributed by atoms with E-state index in [0.717, 1.165) is 16.0 Å². The summed E-state index contributed by atoms with van der Waals surface area (Å²) < 4.78 is 1.55. The Hall–Kier alpha value is -3.14. The van der Waals surface area contributed by atoms with Gasteiger partial charge in [0.25, 0.3) is 0 Å². The second-order valence-corrected chi connectivity index (χ2v) is 6.52. The van der Waals surface area contributed by atoms with Gasteiger partial charge in [-0.2, -0.15) is 15.0 Å². The van der Waals surface area contributed by atoms with E-state index in [0.29, 0.717) is 5.82 Å². The summed E-state index contributed by atoms with van der Waals surface area (Å²) in [6.45, 7) is 0.0725. The summed E-state index contributed by atoms with van der Waals surface area (Å²) in [6, 6.07) is 7.71. The molecule has 3 aromatic rings. The number of hydrogen-bond acceptors (Lipinski definition) is 6. The fraction of sp³-hybridized carbons (Fsp3) is 0.188. The number of carbonyl (C=O) groups excluding carboxylic acids is 2. The molecule has 9 nitrogen and oxygen atoms in total. The topological polar surface area (TPSA) is 121 Å². The third kappa shape index (κ3) is 4.70. The van der Waals surface area contributed by atoms with E-state index in [-0.39, 0.29) is 24.1 Å². The van der Waals surface area contributed by atoms with Crippen molar-refractivity contribution in [2.75, 3.05) is 11.1 Å². The number of nitrogens with zero attached hydrogens (tertiary/aromatic N) is 5. The number of aryl methyl sites for hydroxylation is 1. The van der Waals surface area contributed by atoms with Crippen molar-refractivity contribution in [1.29, 1.82) is 0 Å². The molecule has 0 spiro atoms. The van der Waals surface area contributed by atoms with Crippen LogP contribution in [0.5, 0.6) is 0 Å². The second-order valence-electron chi connectivity index (χ2n) is 5.47. The van der Waals surface area contributed by atoms with Crippen molar-refractivity contribution >= 4 is 29.4 Å². The number of benzene rings is 1. The highest BCUT2D eigenvalue weighted by atomic mass is 32.2. The summed E-state index contributed by atoms with van der Waals surface area (Å²) in [5, 5.41) is 14.7. The number of amides is 2. The monoisotopic (exact) mass is 371 g/mol. The molecule has 10 heteroatoms. The van der Waals surface area contributed by atoms with Crippen molar-refractivity contribution in [3.05, 3.63) is 42.9 Å². The molecule has 0 bridgehead atoms. The lowest BCUT2D eigenvalue weighted by atomic mass is 10.1. The van der Waals surface area contributed by atoms with Crippen molar-refractivity contribution in [2.24, 2.45) is 12.8 Å². The normalized spacial score (nSPS) is 10.7. The zero-order valence-corrected chi connectivity index (χ0v) is 14.8. The average molecular weight is 371 g/mol. The minimum Gasteiger partial charge on any atom is -0.369 e. The summed E-state index contributed by atoms with van der Waals surface area (Å²) in [5.41, 5.74) is 7.00. The maximum absolute atomic E-state index is 12.0. The lowest BCUT2D eigenvalue weighted by Crippen LogP contribution is -2.19. The lowest BCUT2D eigenvalue weighted by molar-refractivity contribution is -0.117. The molecule has 3 N–H and O–H groups in total. The molecule has 0 aliphatic rings. The van der Waals surface area contributed by atoms with Crippen LogP contribution in [0.15, 0.2) is 47.8 Å². The minimum absolute atomic E-state index is 0.0725. The molecular weight excluding hydrogens is 354 g/mol. The predicted octanol–water partition coefficient (Wildman–Crippen LogP) is 0.895. The number of rotatable bonds is 7. The van der Waals surface area contributed by atoms with Gasteiger partial charge in [-0.3, -0.25) is 14.3 Å². The molecule has 0 saturated carbocycles. The van der Waals surface area contributed by atoms with Crippen molar-refractivity contribution in [2.45, 2.75) is 11.4 Å². The highest BCUT2D eigenvalue weighted by Crippen LogP contribution is 2.23. The average Bonchev–Trinajstić information content (AvgIpc) is 3.22. The van der Waals surface area contributed by atoms with Gasteiger partial charge < -0.3 is 11.1 Å². The van der Waals surface area contributed by atoms with Crippen LogP contribution < -0.4 is 11.1 Å². The van der Waals surface area contributed by atoms with E-state index < -0.39 is 0 Å². The molecule has 2 amide bonds. The van der Waals surface area contributed by atoms with Crippen LogP contribution in [0.2, 0.25) is 0 Å². The third-order valence-electron chi connectivity index (χ3n) is 3.37. The Morgan fingerprint density at radius 3 is 2.58 bits per heavy atom. The van der Waals surface area contributed by atoms with Gasteiger partial charge in [0.05, 0.1) is 18.1 Å². The first-order valence-corrected chi connectivity index (χ1v) is 8.68. The van der Waals surface area contributed by atoms with Crippen molar-refractivity contribution in [3.63, 3.8) is 0 Å². The van der Waals surface area contributed by atoms with E-state index in [9.17, 15) is 9.59 Å². The highest BCUT2D eigenvalue weighted by molar-refractivity contribution is 8.00. The molecule has 3 rings (SSSR count). The van der Waals surface area contributed by atoms with E-state index in [1.54, 1.807) is 24.1 Å². The quantitative estimate of drug-likeness (QED) is 0.595. The molecule has 0 unspecified atom stereocenters. The third-order valence-corrected chi connectivity index (χ3v) is 4.41. The molecule has 0 fully saturated rings. The number of aromatic nitrogens is 5. The Labute approximate surface area is 153 Å². The molecule has 26 heavy (non-hydrogen) atoms. The van der Waals surface area contributed by atoms with Gasteiger partial charge in [0.2, 0.25) is 11.8 Å². The molecule has 0 radical (unpaired) electrons. The Morgan fingerprint density at radius 1 is 1.15 bits per heavy atom. The number of nitrogens with one attached hydrogen (secondary N) is 1. The van der Waals surface area contributed by atoms with Crippen LogP contribution in [-0.4, -0.2) is 42.3 Å². The first-order chi connectivity index (χ1) is 12.5. The van der Waals surface area contributed by atoms with Gasteiger partial charge in [0.15, 0.2) is 5.82 Å². The molecule has 2 aromatic heterocycles. The molecule has 0 atom stereocenters. The van der Waals surface area contributed by atoms with Crippen LogP contribution in [0.4, 0.5) is 5.82 Å². The Morgan fingerprint density at radius 2 is 1.92 bits per heavy atom. The molecule has 2 heterocycles. The fourth-order valence-corrected chi connectivity index (χ4v) is 2.87. The number of carbonyl (C=O) groups is 2. The van der Waals surface area contributed by atoms with E-state index in [1.807, 2.05) is 24.3 Å². The first-order valence-electron chi connectivity index (χ1n) is 7.70. The maximum Gasteiger partial charge on any atom is 0.247 e. The van der Waals surface area contributed by atoms with Crippen LogP contribution in [0.25, 0.3) is 11.1 Å². The van der Waals surface area contributed by atoms with Crippen LogP contribution in [-0.2, 0) is 23.2 Å². The molecule has 0 aliphatic heterocycles. The maximum atomic E-state index is 12.0. The molecular formula is C16H17N7O2S. The van der Waals surface area contributed by atoms with Crippen LogP contribution in [0.1, 0.15) is 0 Å². The number of hydrogen-bond donors (Lipinski definition) is 2. The lowest BCUT2D eigenvalue weighted by Gasteiger charge is -2.02.